The van der Waals surface area contributed by atoms with Crippen molar-refractivity contribution >= 4 is 11.6 Å². The number of hydrogen-bond donors (Lipinski definition) is 3. The second kappa shape index (κ2) is 7.09. The highest BCUT2D eigenvalue weighted by Gasteiger charge is 2.22. The van der Waals surface area contributed by atoms with E-state index in [1.165, 1.54) is 0 Å². The minimum absolute atomic E-state index is 0.0652. The van der Waals surface area contributed by atoms with Crippen LogP contribution in [-0.4, -0.2) is 35.8 Å². The number of carbonyl (C=O) groups excluding carboxylic acids is 1. The van der Waals surface area contributed by atoms with Gasteiger partial charge in [-0.2, -0.15) is 5.10 Å². The number of nitrogens with one attached hydrogen (secondary N) is 3. The van der Waals surface area contributed by atoms with E-state index in [1.54, 1.807) is 6.20 Å². The summed E-state index contributed by atoms with van der Waals surface area (Å²) >= 11 is 0. The average molecular weight is 300 g/mol. The van der Waals surface area contributed by atoms with Crippen LogP contribution in [-0.2, 0) is 4.79 Å². The SMILES string of the molecule is O=C(CCOc1ccccc1)Nc1cn[nH]c1C1CCNC1. The van der Waals surface area contributed by atoms with Gasteiger partial charge in [0.05, 0.1) is 30.6 Å². The van der Waals surface area contributed by atoms with E-state index in [-0.39, 0.29) is 5.91 Å². The van der Waals surface area contributed by atoms with Crippen molar-refractivity contribution in [3.8, 4) is 5.75 Å². The van der Waals surface area contributed by atoms with Crippen LogP contribution in [0.4, 0.5) is 5.69 Å². The van der Waals surface area contributed by atoms with Crippen molar-refractivity contribution in [2.24, 2.45) is 0 Å². The van der Waals surface area contributed by atoms with Crippen LogP contribution in [0.15, 0.2) is 36.5 Å². The molecule has 0 aliphatic carbocycles. The summed E-state index contributed by atoms with van der Waals surface area (Å²) < 4.78 is 5.53. The Labute approximate surface area is 129 Å². The van der Waals surface area contributed by atoms with Gasteiger partial charge in [-0.25, -0.2) is 0 Å². The molecule has 1 atom stereocenters. The van der Waals surface area contributed by atoms with Crippen LogP contribution in [0.2, 0.25) is 0 Å². The topological polar surface area (TPSA) is 79.0 Å². The Bertz CT molecular complexity index is 606. The normalized spacial score (nSPS) is 17.4. The van der Waals surface area contributed by atoms with Crippen molar-refractivity contribution in [3.05, 3.63) is 42.2 Å². The van der Waals surface area contributed by atoms with Crippen LogP contribution in [0.5, 0.6) is 5.75 Å². The number of hydrogen-bond acceptors (Lipinski definition) is 4. The third kappa shape index (κ3) is 3.65. The molecule has 1 saturated heterocycles. The molecule has 0 spiro atoms. The predicted molar refractivity (Wildman–Crippen MR) is 84.0 cm³/mol. The van der Waals surface area contributed by atoms with Crippen LogP contribution in [0.3, 0.4) is 0 Å². The first-order chi connectivity index (χ1) is 10.8. The summed E-state index contributed by atoms with van der Waals surface area (Å²) in [7, 11) is 0. The third-order valence-electron chi connectivity index (χ3n) is 3.75. The number of carbonyl (C=O) groups is 1. The summed E-state index contributed by atoms with van der Waals surface area (Å²) in [6, 6.07) is 9.49. The maximum atomic E-state index is 12.0. The standard InChI is InChI=1S/C16H20N4O2/c21-15(7-9-22-13-4-2-1-3-5-13)19-14-11-18-20-16(14)12-6-8-17-10-12/h1-5,11-12,17H,6-10H2,(H,18,20)(H,19,21). The summed E-state index contributed by atoms with van der Waals surface area (Å²) in [5, 5.41) is 13.3. The zero-order chi connectivity index (χ0) is 15.2. The van der Waals surface area contributed by atoms with E-state index in [0.29, 0.717) is 18.9 Å². The average Bonchev–Trinajstić information content (AvgIpc) is 3.19. The monoisotopic (exact) mass is 300 g/mol. The molecule has 6 heteroatoms. The number of aromatic nitrogens is 2. The third-order valence-corrected chi connectivity index (χ3v) is 3.75. The summed E-state index contributed by atoms with van der Waals surface area (Å²) in [5.41, 5.74) is 1.78. The summed E-state index contributed by atoms with van der Waals surface area (Å²) in [6.45, 7) is 2.28. The Morgan fingerprint density at radius 1 is 1.36 bits per heavy atom. The van der Waals surface area contributed by atoms with Gasteiger partial charge in [-0.15, -0.1) is 0 Å². The van der Waals surface area contributed by atoms with Crippen LogP contribution in [0, 0.1) is 0 Å². The molecule has 1 unspecified atom stereocenters. The Balaban J connectivity index is 1.49. The molecule has 1 aliphatic rings. The highest BCUT2D eigenvalue weighted by Crippen LogP contribution is 2.26. The number of nitrogens with zero attached hydrogens (tertiary/aromatic N) is 1. The quantitative estimate of drug-likeness (QED) is 0.761. The zero-order valence-electron chi connectivity index (χ0n) is 12.3. The number of rotatable bonds is 6. The maximum Gasteiger partial charge on any atom is 0.227 e. The van der Waals surface area contributed by atoms with Crippen molar-refractivity contribution in [3.63, 3.8) is 0 Å². The molecule has 1 fully saturated rings. The van der Waals surface area contributed by atoms with Gasteiger partial charge in [-0.3, -0.25) is 9.89 Å². The molecular weight excluding hydrogens is 280 g/mol. The van der Waals surface area contributed by atoms with E-state index in [2.05, 4.69) is 20.8 Å². The zero-order valence-corrected chi connectivity index (χ0v) is 12.3. The van der Waals surface area contributed by atoms with Gasteiger partial charge in [0, 0.05) is 12.5 Å². The molecule has 116 valence electrons. The molecule has 22 heavy (non-hydrogen) atoms. The number of aromatic amines is 1. The van der Waals surface area contributed by atoms with Crippen molar-refractivity contribution in [2.75, 3.05) is 25.0 Å². The molecule has 3 rings (SSSR count). The Morgan fingerprint density at radius 3 is 3.00 bits per heavy atom. The first kappa shape index (κ1) is 14.6. The van der Waals surface area contributed by atoms with Crippen molar-refractivity contribution in [1.82, 2.24) is 15.5 Å². The van der Waals surface area contributed by atoms with Crippen molar-refractivity contribution in [1.29, 1.82) is 0 Å². The number of para-hydroxylation sites is 1. The number of benzene rings is 1. The van der Waals surface area contributed by atoms with Gasteiger partial charge in [-0.1, -0.05) is 18.2 Å². The van der Waals surface area contributed by atoms with E-state index in [1.807, 2.05) is 30.3 Å². The fourth-order valence-corrected chi connectivity index (χ4v) is 2.60. The lowest BCUT2D eigenvalue weighted by atomic mass is 10.0. The number of ether oxygens (including phenoxy) is 1. The number of H-pyrrole nitrogens is 1. The smallest absolute Gasteiger partial charge is 0.227 e. The van der Waals surface area contributed by atoms with Gasteiger partial charge in [-0.05, 0) is 25.1 Å². The molecule has 3 N–H and O–H groups in total. The summed E-state index contributed by atoms with van der Waals surface area (Å²) in [5.74, 6) is 1.10. The minimum Gasteiger partial charge on any atom is -0.493 e. The van der Waals surface area contributed by atoms with Gasteiger partial charge in [0.15, 0.2) is 0 Å². The Morgan fingerprint density at radius 2 is 2.23 bits per heavy atom. The predicted octanol–water partition coefficient (Wildman–Crippen LogP) is 1.89. The van der Waals surface area contributed by atoms with E-state index in [0.717, 1.165) is 36.6 Å². The van der Waals surface area contributed by atoms with Gasteiger partial charge in [0.25, 0.3) is 0 Å². The van der Waals surface area contributed by atoms with Gasteiger partial charge < -0.3 is 15.4 Å². The molecule has 1 amide bonds. The largest absolute Gasteiger partial charge is 0.493 e. The highest BCUT2D eigenvalue weighted by molar-refractivity contribution is 5.91. The Kier molecular flexibility index (Phi) is 4.70. The molecule has 6 nitrogen and oxygen atoms in total. The maximum absolute atomic E-state index is 12.0. The Hall–Kier alpha value is -2.34. The molecule has 1 aromatic carbocycles. The minimum atomic E-state index is -0.0652. The van der Waals surface area contributed by atoms with Gasteiger partial charge in [0.2, 0.25) is 5.91 Å². The molecule has 0 radical (unpaired) electrons. The van der Waals surface area contributed by atoms with E-state index in [9.17, 15) is 4.79 Å². The molecule has 1 aliphatic heterocycles. The lowest BCUT2D eigenvalue weighted by Crippen LogP contribution is -2.17. The van der Waals surface area contributed by atoms with Crippen LogP contribution in [0.1, 0.15) is 24.5 Å². The van der Waals surface area contributed by atoms with Crippen molar-refractivity contribution in [2.45, 2.75) is 18.8 Å². The lowest BCUT2D eigenvalue weighted by Gasteiger charge is -2.10. The van der Waals surface area contributed by atoms with E-state index >= 15 is 0 Å². The lowest BCUT2D eigenvalue weighted by molar-refractivity contribution is -0.116. The molecule has 0 saturated carbocycles. The second-order valence-corrected chi connectivity index (χ2v) is 5.35. The first-order valence-electron chi connectivity index (χ1n) is 7.54. The fraction of sp³-hybridized carbons (Fsp3) is 0.375. The first-order valence-corrected chi connectivity index (χ1v) is 7.54. The summed E-state index contributed by atoms with van der Waals surface area (Å²) in [6.07, 6.45) is 3.04. The second-order valence-electron chi connectivity index (χ2n) is 5.35. The van der Waals surface area contributed by atoms with Gasteiger partial charge in [0.1, 0.15) is 5.75 Å². The van der Waals surface area contributed by atoms with Crippen LogP contribution < -0.4 is 15.4 Å². The van der Waals surface area contributed by atoms with Gasteiger partial charge >= 0.3 is 0 Å². The van der Waals surface area contributed by atoms with Crippen molar-refractivity contribution < 1.29 is 9.53 Å². The fourth-order valence-electron chi connectivity index (χ4n) is 2.60. The molecule has 2 aromatic rings. The molecule has 0 bridgehead atoms. The number of anilines is 1. The number of amides is 1. The van der Waals surface area contributed by atoms with Crippen LogP contribution in [0.25, 0.3) is 0 Å². The van der Waals surface area contributed by atoms with E-state index < -0.39 is 0 Å². The molecule has 1 aromatic heterocycles. The summed E-state index contributed by atoms with van der Waals surface area (Å²) in [4.78, 5) is 12.0. The van der Waals surface area contributed by atoms with E-state index in [4.69, 9.17) is 4.74 Å². The molecule has 2 heterocycles. The van der Waals surface area contributed by atoms with Crippen LogP contribution >= 0.6 is 0 Å². The highest BCUT2D eigenvalue weighted by atomic mass is 16.5. The molecular formula is C16H20N4O2.